The predicted octanol–water partition coefficient (Wildman–Crippen LogP) is 3.61. The van der Waals surface area contributed by atoms with Crippen LogP contribution in [0.1, 0.15) is 81.5 Å². The van der Waals surface area contributed by atoms with Crippen molar-refractivity contribution in [3.05, 3.63) is 35.4 Å². The first kappa shape index (κ1) is 17.6. The van der Waals surface area contributed by atoms with Gasteiger partial charge in [-0.2, -0.15) is 0 Å². The molecule has 2 aromatic rings. The average molecular weight is 355 g/mol. The number of nitrogens with one attached hydrogen (secondary N) is 1. The second-order valence-corrected chi connectivity index (χ2v) is 8.67. The van der Waals surface area contributed by atoms with E-state index in [0.29, 0.717) is 11.5 Å². The third kappa shape index (κ3) is 3.52. The minimum Gasteiger partial charge on any atom is -0.302 e. The minimum absolute atomic E-state index is 0.0451. The zero-order valence-electron chi connectivity index (χ0n) is 16.1. The molecule has 6 heteroatoms. The molecule has 0 saturated heterocycles. The largest absolute Gasteiger partial charge is 0.302 e. The van der Waals surface area contributed by atoms with Crippen LogP contribution in [-0.4, -0.2) is 31.7 Å². The molecule has 0 radical (unpaired) electrons. The summed E-state index contributed by atoms with van der Waals surface area (Å²) < 4.78 is 2.01. The smallest absolute Gasteiger partial charge is 0.174 e. The third-order valence-corrected chi connectivity index (χ3v) is 6.31. The quantitative estimate of drug-likeness (QED) is 0.823. The van der Waals surface area contributed by atoms with Crippen LogP contribution in [0.4, 0.5) is 0 Å². The number of pyridine rings is 1. The molecule has 2 aromatic heterocycles. The van der Waals surface area contributed by atoms with Gasteiger partial charge in [-0.25, -0.2) is 4.68 Å². The summed E-state index contributed by atoms with van der Waals surface area (Å²) in [7, 11) is 0. The first-order valence-electron chi connectivity index (χ1n) is 9.99. The van der Waals surface area contributed by atoms with Crippen molar-refractivity contribution in [2.45, 2.75) is 71.4 Å². The molecule has 0 spiro atoms. The maximum atomic E-state index is 4.66. The molecule has 0 amide bonds. The van der Waals surface area contributed by atoms with E-state index < -0.39 is 0 Å². The Kier molecular flexibility index (Phi) is 4.78. The minimum atomic E-state index is -0.0451. The Bertz CT molecular complexity index is 748. The zero-order chi connectivity index (χ0) is 18.1. The molecular weight excluding hydrogens is 324 g/mol. The van der Waals surface area contributed by atoms with Crippen molar-refractivity contribution in [1.82, 2.24) is 30.5 Å². The van der Waals surface area contributed by atoms with Crippen LogP contribution < -0.4 is 5.32 Å². The molecule has 2 fully saturated rings. The lowest BCUT2D eigenvalue weighted by atomic mass is 9.80. The Hall–Kier alpha value is -1.82. The summed E-state index contributed by atoms with van der Waals surface area (Å²) in [5.41, 5.74) is 2.68. The molecule has 2 heterocycles. The first-order valence-corrected chi connectivity index (χ1v) is 9.99. The van der Waals surface area contributed by atoms with E-state index in [1.54, 1.807) is 0 Å². The van der Waals surface area contributed by atoms with Crippen molar-refractivity contribution < 1.29 is 0 Å². The molecule has 2 saturated carbocycles. The number of hydrogen-bond acceptors (Lipinski definition) is 5. The predicted molar refractivity (Wildman–Crippen MR) is 101 cm³/mol. The Morgan fingerprint density at radius 3 is 2.85 bits per heavy atom. The number of rotatable bonds is 7. The fraction of sp³-hybridized carbons (Fsp3) is 0.700. The van der Waals surface area contributed by atoms with Gasteiger partial charge in [0.1, 0.15) is 6.04 Å². The highest BCUT2D eigenvalue weighted by atomic mass is 15.6. The van der Waals surface area contributed by atoms with Gasteiger partial charge in [0.15, 0.2) is 5.82 Å². The molecule has 1 N–H and O–H groups in total. The number of nitrogens with zero attached hydrogens (tertiary/aromatic N) is 5. The Morgan fingerprint density at radius 1 is 1.31 bits per heavy atom. The van der Waals surface area contributed by atoms with Crippen molar-refractivity contribution in [3.63, 3.8) is 0 Å². The van der Waals surface area contributed by atoms with Crippen LogP contribution in [0.15, 0.2) is 18.3 Å². The van der Waals surface area contributed by atoms with Crippen LogP contribution in [0.5, 0.6) is 0 Å². The van der Waals surface area contributed by atoms with Gasteiger partial charge in [0.2, 0.25) is 0 Å². The van der Waals surface area contributed by atoms with Gasteiger partial charge in [0, 0.05) is 6.20 Å². The Morgan fingerprint density at radius 2 is 2.15 bits per heavy atom. The topological polar surface area (TPSA) is 68.5 Å². The maximum absolute atomic E-state index is 4.66. The van der Waals surface area contributed by atoms with E-state index in [9.17, 15) is 0 Å². The van der Waals surface area contributed by atoms with Crippen molar-refractivity contribution >= 4 is 0 Å². The normalized spacial score (nSPS) is 23.3. The lowest BCUT2D eigenvalue weighted by molar-refractivity contribution is 0.241. The van der Waals surface area contributed by atoms with Gasteiger partial charge in [-0.1, -0.05) is 26.3 Å². The number of aromatic nitrogens is 5. The summed E-state index contributed by atoms with van der Waals surface area (Å²) >= 11 is 0. The average Bonchev–Trinajstić information content (AvgIpc) is 3.25. The summed E-state index contributed by atoms with van der Waals surface area (Å²) in [4.78, 5) is 4.66. The lowest BCUT2D eigenvalue weighted by Crippen LogP contribution is -2.30. The molecule has 0 aromatic carbocycles. The third-order valence-electron chi connectivity index (χ3n) is 6.31. The molecule has 2 aliphatic carbocycles. The zero-order valence-corrected chi connectivity index (χ0v) is 16.1. The van der Waals surface area contributed by atoms with E-state index in [4.69, 9.17) is 0 Å². The van der Waals surface area contributed by atoms with Gasteiger partial charge in [-0.05, 0) is 79.0 Å². The van der Waals surface area contributed by atoms with E-state index in [1.807, 2.05) is 16.9 Å². The standard InChI is InChI=1S/C20H30N6/c1-14-6-5-12-21-17(14)18(19-23-24-25-26(19)16-8-9-16)22-13-10-15-7-4-11-20(15,2)3/h5-6,12,15-16,18,22H,4,7-11,13H2,1-3H3. The van der Waals surface area contributed by atoms with Gasteiger partial charge in [-0.3, -0.25) is 4.98 Å². The van der Waals surface area contributed by atoms with Gasteiger partial charge in [0.05, 0.1) is 11.7 Å². The highest BCUT2D eigenvalue weighted by Gasteiger charge is 2.35. The monoisotopic (exact) mass is 354 g/mol. The highest BCUT2D eigenvalue weighted by molar-refractivity contribution is 5.26. The lowest BCUT2D eigenvalue weighted by Gasteiger charge is -2.28. The van der Waals surface area contributed by atoms with Crippen LogP contribution in [-0.2, 0) is 0 Å². The van der Waals surface area contributed by atoms with Crippen LogP contribution in [0.3, 0.4) is 0 Å². The summed E-state index contributed by atoms with van der Waals surface area (Å²) in [6.07, 6.45) is 9.45. The van der Waals surface area contributed by atoms with Crippen LogP contribution in [0, 0.1) is 18.3 Å². The number of tetrazole rings is 1. The fourth-order valence-corrected chi connectivity index (χ4v) is 4.42. The van der Waals surface area contributed by atoms with Crippen LogP contribution >= 0.6 is 0 Å². The second-order valence-electron chi connectivity index (χ2n) is 8.67. The molecule has 140 valence electrons. The molecule has 4 rings (SSSR count). The molecule has 0 aliphatic heterocycles. The summed E-state index contributed by atoms with van der Waals surface area (Å²) in [6, 6.07) is 4.52. The molecule has 2 atom stereocenters. The summed E-state index contributed by atoms with van der Waals surface area (Å²) in [5.74, 6) is 1.69. The fourth-order valence-electron chi connectivity index (χ4n) is 4.42. The number of aryl methyl sites for hydroxylation is 1. The summed E-state index contributed by atoms with van der Waals surface area (Å²) in [5, 5.41) is 16.3. The molecule has 2 unspecified atom stereocenters. The van der Waals surface area contributed by atoms with Crippen LogP contribution in [0.2, 0.25) is 0 Å². The second kappa shape index (κ2) is 7.06. The van der Waals surface area contributed by atoms with Crippen molar-refractivity contribution in [2.24, 2.45) is 11.3 Å². The SMILES string of the molecule is Cc1cccnc1C(NCCC1CCCC1(C)C)c1nnnn1C1CC1. The van der Waals surface area contributed by atoms with E-state index in [0.717, 1.165) is 24.0 Å². The molecule has 6 nitrogen and oxygen atoms in total. The highest BCUT2D eigenvalue weighted by Crippen LogP contribution is 2.44. The van der Waals surface area contributed by atoms with E-state index in [1.165, 1.54) is 44.1 Å². The maximum Gasteiger partial charge on any atom is 0.174 e. The molecule has 0 bridgehead atoms. The van der Waals surface area contributed by atoms with Crippen LogP contribution in [0.25, 0.3) is 0 Å². The van der Waals surface area contributed by atoms with Gasteiger partial charge in [0.25, 0.3) is 0 Å². The van der Waals surface area contributed by atoms with Crippen molar-refractivity contribution in [1.29, 1.82) is 0 Å². The summed E-state index contributed by atoms with van der Waals surface area (Å²) in [6.45, 7) is 7.91. The molecule has 2 aliphatic rings. The molecule has 26 heavy (non-hydrogen) atoms. The Labute approximate surface area is 155 Å². The van der Waals surface area contributed by atoms with Gasteiger partial charge >= 0.3 is 0 Å². The first-order chi connectivity index (χ1) is 12.6. The van der Waals surface area contributed by atoms with Gasteiger partial charge in [-0.15, -0.1) is 5.10 Å². The van der Waals surface area contributed by atoms with E-state index in [-0.39, 0.29) is 6.04 Å². The van der Waals surface area contributed by atoms with E-state index >= 15 is 0 Å². The van der Waals surface area contributed by atoms with Gasteiger partial charge < -0.3 is 5.32 Å². The van der Waals surface area contributed by atoms with Crippen molar-refractivity contribution in [3.8, 4) is 0 Å². The van der Waals surface area contributed by atoms with Crippen molar-refractivity contribution in [2.75, 3.05) is 6.54 Å². The van der Waals surface area contributed by atoms with E-state index in [2.05, 4.69) is 52.7 Å². The molecular formula is C20H30N6. The number of hydrogen-bond donors (Lipinski definition) is 1. The Balaban J connectivity index is 1.53.